The zero-order chi connectivity index (χ0) is 12.8. The standard InChI is InChI=1S/C12H25NO.C2H6/c1-11(2)13-12(3)9-7-5-6-8-10-14-4;1-2/h11,13H,3,5-10H2,1-2,4H3;1-2H3. The number of rotatable bonds is 9. The summed E-state index contributed by atoms with van der Waals surface area (Å²) in [5, 5.41) is 3.33. The minimum Gasteiger partial charge on any atom is -0.387 e. The summed E-state index contributed by atoms with van der Waals surface area (Å²) in [5.41, 5.74) is 1.17. The van der Waals surface area contributed by atoms with E-state index >= 15 is 0 Å². The van der Waals surface area contributed by atoms with E-state index in [2.05, 4.69) is 25.7 Å². The number of nitrogens with one attached hydrogen (secondary N) is 1. The van der Waals surface area contributed by atoms with Crippen LogP contribution in [0.5, 0.6) is 0 Å². The van der Waals surface area contributed by atoms with Crippen molar-refractivity contribution in [1.29, 1.82) is 0 Å². The highest BCUT2D eigenvalue weighted by Crippen LogP contribution is 2.07. The first-order chi connectivity index (χ1) is 7.66. The third kappa shape index (κ3) is 15.9. The summed E-state index contributed by atoms with van der Waals surface area (Å²) in [4.78, 5) is 0. The second kappa shape index (κ2) is 14.5. The Labute approximate surface area is 102 Å². The molecule has 1 N–H and O–H groups in total. The molecule has 0 unspecified atom stereocenters. The van der Waals surface area contributed by atoms with Gasteiger partial charge in [0.2, 0.25) is 0 Å². The summed E-state index contributed by atoms with van der Waals surface area (Å²) in [5.74, 6) is 0. The fourth-order valence-corrected chi connectivity index (χ4v) is 1.42. The quantitative estimate of drug-likeness (QED) is 0.600. The maximum absolute atomic E-state index is 4.99. The first kappa shape index (κ1) is 17.9. The van der Waals surface area contributed by atoms with E-state index in [1.54, 1.807) is 7.11 Å². The van der Waals surface area contributed by atoms with Gasteiger partial charge in [-0.15, -0.1) is 0 Å². The van der Waals surface area contributed by atoms with Crippen molar-refractivity contribution >= 4 is 0 Å². The van der Waals surface area contributed by atoms with Crippen LogP contribution in [0.25, 0.3) is 0 Å². The third-order valence-corrected chi connectivity index (χ3v) is 2.07. The Hall–Kier alpha value is -0.500. The Balaban J connectivity index is 0. The van der Waals surface area contributed by atoms with E-state index in [0.717, 1.165) is 13.0 Å². The van der Waals surface area contributed by atoms with Crippen molar-refractivity contribution in [2.24, 2.45) is 0 Å². The van der Waals surface area contributed by atoms with E-state index < -0.39 is 0 Å². The summed E-state index contributed by atoms with van der Waals surface area (Å²) in [6.07, 6.45) is 6.07. The molecule has 0 aromatic rings. The molecule has 0 spiro atoms. The zero-order valence-electron chi connectivity index (χ0n) is 11.9. The molecule has 0 aliphatic heterocycles. The number of ether oxygens (including phenoxy) is 1. The molecular formula is C14H31NO. The van der Waals surface area contributed by atoms with Gasteiger partial charge < -0.3 is 10.1 Å². The molecular weight excluding hydrogens is 198 g/mol. The second-order valence-corrected chi connectivity index (χ2v) is 4.06. The van der Waals surface area contributed by atoms with E-state index in [9.17, 15) is 0 Å². The van der Waals surface area contributed by atoms with Crippen LogP contribution < -0.4 is 5.32 Å². The van der Waals surface area contributed by atoms with Gasteiger partial charge in [-0.2, -0.15) is 0 Å². The summed E-state index contributed by atoms with van der Waals surface area (Å²) < 4.78 is 4.99. The smallest absolute Gasteiger partial charge is 0.0462 e. The zero-order valence-corrected chi connectivity index (χ0v) is 11.9. The lowest BCUT2D eigenvalue weighted by atomic mass is 10.1. The van der Waals surface area contributed by atoms with Gasteiger partial charge in [-0.25, -0.2) is 0 Å². The second-order valence-electron chi connectivity index (χ2n) is 4.06. The first-order valence-corrected chi connectivity index (χ1v) is 6.60. The van der Waals surface area contributed by atoms with Crippen LogP contribution in [-0.2, 0) is 4.74 Å². The predicted molar refractivity (Wildman–Crippen MR) is 73.7 cm³/mol. The number of hydrogen-bond acceptors (Lipinski definition) is 2. The summed E-state index contributed by atoms with van der Waals surface area (Å²) >= 11 is 0. The van der Waals surface area contributed by atoms with Crippen molar-refractivity contribution in [3.8, 4) is 0 Å². The third-order valence-electron chi connectivity index (χ3n) is 2.07. The SMILES string of the molecule is C=C(CCCCCCOC)NC(C)C.CC. The molecule has 0 amide bonds. The van der Waals surface area contributed by atoms with Crippen molar-refractivity contribution in [3.63, 3.8) is 0 Å². The molecule has 0 saturated carbocycles. The average Bonchev–Trinajstić information content (AvgIpc) is 2.25. The van der Waals surface area contributed by atoms with Gasteiger partial charge in [-0.1, -0.05) is 33.3 Å². The van der Waals surface area contributed by atoms with E-state index in [1.807, 2.05) is 13.8 Å². The number of unbranched alkanes of at least 4 members (excludes halogenated alkanes) is 3. The molecule has 0 heterocycles. The van der Waals surface area contributed by atoms with E-state index in [-0.39, 0.29) is 0 Å². The molecule has 0 aromatic heterocycles. The lowest BCUT2D eigenvalue weighted by Gasteiger charge is -2.12. The van der Waals surface area contributed by atoms with Crippen molar-refractivity contribution < 1.29 is 4.74 Å². The lowest BCUT2D eigenvalue weighted by molar-refractivity contribution is 0.192. The van der Waals surface area contributed by atoms with Gasteiger partial charge in [0.05, 0.1) is 0 Å². The van der Waals surface area contributed by atoms with Gasteiger partial charge in [0.15, 0.2) is 0 Å². The van der Waals surface area contributed by atoms with Crippen LogP contribution in [0.1, 0.15) is 59.8 Å². The molecule has 0 aliphatic carbocycles. The molecule has 2 heteroatoms. The van der Waals surface area contributed by atoms with Gasteiger partial charge in [-0.3, -0.25) is 0 Å². The van der Waals surface area contributed by atoms with Gasteiger partial charge in [0, 0.05) is 25.5 Å². The Morgan fingerprint density at radius 3 is 2.19 bits per heavy atom. The van der Waals surface area contributed by atoms with Crippen LogP contribution in [0, 0.1) is 0 Å². The van der Waals surface area contributed by atoms with E-state index in [0.29, 0.717) is 6.04 Å². The van der Waals surface area contributed by atoms with Gasteiger partial charge in [0.25, 0.3) is 0 Å². The average molecular weight is 229 g/mol. The molecule has 0 rings (SSSR count). The molecule has 98 valence electrons. The monoisotopic (exact) mass is 229 g/mol. The molecule has 2 nitrogen and oxygen atoms in total. The van der Waals surface area contributed by atoms with Crippen molar-refractivity contribution in [2.75, 3.05) is 13.7 Å². The minimum absolute atomic E-state index is 0.510. The van der Waals surface area contributed by atoms with Crippen LogP contribution in [-0.4, -0.2) is 19.8 Å². The maximum Gasteiger partial charge on any atom is 0.0462 e. The predicted octanol–water partition coefficient (Wildman–Crippen LogP) is 4.12. The van der Waals surface area contributed by atoms with Crippen molar-refractivity contribution in [2.45, 2.75) is 65.8 Å². The van der Waals surface area contributed by atoms with Crippen molar-refractivity contribution in [3.05, 3.63) is 12.3 Å². The summed E-state index contributed by atoms with van der Waals surface area (Å²) in [6, 6.07) is 0.510. The fraction of sp³-hybridized carbons (Fsp3) is 0.857. The Kier molecular flexibility index (Phi) is 16.2. The van der Waals surface area contributed by atoms with Crippen LogP contribution in [0.2, 0.25) is 0 Å². The lowest BCUT2D eigenvalue weighted by Crippen LogP contribution is -2.21. The molecule has 0 aromatic carbocycles. The molecule has 0 bridgehead atoms. The highest BCUT2D eigenvalue weighted by molar-refractivity contribution is 4.91. The van der Waals surface area contributed by atoms with Crippen LogP contribution in [0.3, 0.4) is 0 Å². The minimum atomic E-state index is 0.510. The Bertz CT molecular complexity index is 144. The number of allylic oxidation sites excluding steroid dienone is 1. The molecule has 0 aliphatic rings. The van der Waals surface area contributed by atoms with Crippen molar-refractivity contribution in [1.82, 2.24) is 5.32 Å². The maximum atomic E-state index is 4.99. The molecule has 0 fully saturated rings. The largest absolute Gasteiger partial charge is 0.387 e. The molecule has 0 atom stereocenters. The molecule has 0 saturated heterocycles. The molecule has 16 heavy (non-hydrogen) atoms. The highest BCUT2D eigenvalue weighted by Gasteiger charge is 1.96. The summed E-state index contributed by atoms with van der Waals surface area (Å²) in [6.45, 7) is 13.2. The van der Waals surface area contributed by atoms with Crippen LogP contribution >= 0.6 is 0 Å². The van der Waals surface area contributed by atoms with Crippen LogP contribution in [0.4, 0.5) is 0 Å². The summed E-state index contributed by atoms with van der Waals surface area (Å²) in [7, 11) is 1.76. The fourth-order valence-electron chi connectivity index (χ4n) is 1.42. The Morgan fingerprint density at radius 2 is 1.69 bits per heavy atom. The Morgan fingerprint density at radius 1 is 1.12 bits per heavy atom. The first-order valence-electron chi connectivity index (χ1n) is 6.60. The van der Waals surface area contributed by atoms with Gasteiger partial charge >= 0.3 is 0 Å². The van der Waals surface area contributed by atoms with E-state index in [4.69, 9.17) is 4.74 Å². The molecule has 0 radical (unpaired) electrons. The topological polar surface area (TPSA) is 21.3 Å². The van der Waals surface area contributed by atoms with Crippen LogP contribution in [0.15, 0.2) is 12.3 Å². The highest BCUT2D eigenvalue weighted by atomic mass is 16.5. The normalized spacial score (nSPS) is 9.62. The van der Waals surface area contributed by atoms with E-state index in [1.165, 1.54) is 31.4 Å². The number of methoxy groups -OCH3 is 1. The number of hydrogen-bond donors (Lipinski definition) is 1. The van der Waals surface area contributed by atoms with Gasteiger partial charge in [0.1, 0.15) is 0 Å². The van der Waals surface area contributed by atoms with Gasteiger partial charge in [-0.05, 0) is 33.1 Å².